The van der Waals surface area contributed by atoms with Gasteiger partial charge in [-0.15, -0.1) is 36.9 Å². The zero-order valence-electron chi connectivity index (χ0n) is 14.4. The van der Waals surface area contributed by atoms with E-state index in [9.17, 15) is 13.2 Å². The molecule has 1 aliphatic heterocycles. The minimum Gasteiger partial charge on any atom is -0.496 e. The van der Waals surface area contributed by atoms with E-state index in [0.29, 0.717) is 15.6 Å². The van der Waals surface area contributed by atoms with Gasteiger partial charge in [0.05, 0.1) is 17.5 Å². The molecule has 0 spiro atoms. The summed E-state index contributed by atoms with van der Waals surface area (Å²) in [7, 11) is 1.50. The van der Waals surface area contributed by atoms with Crippen LogP contribution in [0.25, 0.3) is 0 Å². The molecule has 0 radical (unpaired) electrons. The number of piperazine rings is 1. The number of nitrogens with one attached hydrogen (secondary N) is 1. The Kier molecular flexibility index (Phi) is 7.64. The van der Waals surface area contributed by atoms with Gasteiger partial charge in [0.2, 0.25) is 0 Å². The van der Waals surface area contributed by atoms with Crippen molar-refractivity contribution in [3.8, 4) is 11.5 Å². The van der Waals surface area contributed by atoms with Crippen molar-refractivity contribution in [1.29, 1.82) is 0 Å². The van der Waals surface area contributed by atoms with Gasteiger partial charge in [0.25, 0.3) is 0 Å². The van der Waals surface area contributed by atoms with Gasteiger partial charge in [-0.05, 0) is 30.3 Å². The van der Waals surface area contributed by atoms with Gasteiger partial charge in [0.1, 0.15) is 11.5 Å². The summed E-state index contributed by atoms with van der Waals surface area (Å²) in [6.07, 6.45) is -4.75. The highest BCUT2D eigenvalue weighted by Crippen LogP contribution is 2.41. The number of hydrogen-bond donors (Lipinski definition) is 1. The molecule has 0 saturated carbocycles. The Morgan fingerprint density at radius 1 is 1.19 bits per heavy atom. The molecule has 1 saturated heterocycles. The fraction of sp³-hybridized carbons (Fsp3) is 0.412. The molecule has 0 aliphatic carbocycles. The van der Waals surface area contributed by atoms with Crippen LogP contribution in [0.1, 0.15) is 16.5 Å². The lowest BCUT2D eigenvalue weighted by molar-refractivity contribution is -0.274. The van der Waals surface area contributed by atoms with Gasteiger partial charge in [0.15, 0.2) is 0 Å². The summed E-state index contributed by atoms with van der Waals surface area (Å²) in [5, 5.41) is 3.28. The summed E-state index contributed by atoms with van der Waals surface area (Å²) in [5.74, 6) is 0.240. The second kappa shape index (κ2) is 9.34. The van der Waals surface area contributed by atoms with Crippen LogP contribution in [0, 0.1) is 0 Å². The first-order chi connectivity index (χ1) is 12.4. The normalized spacial score (nSPS) is 16.5. The van der Waals surface area contributed by atoms with Gasteiger partial charge in [0, 0.05) is 36.6 Å². The number of benzene rings is 1. The third-order valence-corrected chi connectivity index (χ3v) is 5.39. The number of halogens is 5. The third-order valence-electron chi connectivity index (χ3n) is 4.11. The van der Waals surface area contributed by atoms with Crippen LogP contribution in [0.3, 0.4) is 0 Å². The molecule has 4 nitrogen and oxygen atoms in total. The van der Waals surface area contributed by atoms with E-state index in [4.69, 9.17) is 16.3 Å². The van der Waals surface area contributed by atoms with Crippen LogP contribution < -0.4 is 14.8 Å². The van der Waals surface area contributed by atoms with Crippen LogP contribution in [0.4, 0.5) is 13.2 Å². The highest BCUT2D eigenvalue weighted by atomic mass is 35.5. The first-order valence-corrected chi connectivity index (χ1v) is 9.20. The topological polar surface area (TPSA) is 33.7 Å². The molecule has 1 fully saturated rings. The Hall–Kier alpha value is -1.19. The molecule has 10 heteroatoms. The zero-order valence-corrected chi connectivity index (χ0v) is 16.8. The summed E-state index contributed by atoms with van der Waals surface area (Å²) in [5.41, 5.74) is 0.620. The molecule has 0 bridgehead atoms. The monoisotopic (exact) mass is 442 g/mol. The molecular formula is C17H19Cl2F3N2O2S. The molecule has 0 unspecified atom stereocenters. The largest absolute Gasteiger partial charge is 0.573 e. The summed E-state index contributed by atoms with van der Waals surface area (Å²) < 4.78 is 48.1. The first-order valence-electron chi connectivity index (χ1n) is 8.01. The van der Waals surface area contributed by atoms with Gasteiger partial charge in [-0.1, -0.05) is 11.6 Å². The van der Waals surface area contributed by atoms with Crippen molar-refractivity contribution in [2.24, 2.45) is 0 Å². The maximum atomic E-state index is 12.6. The average molecular weight is 443 g/mol. The van der Waals surface area contributed by atoms with E-state index < -0.39 is 6.36 Å². The molecule has 1 aromatic heterocycles. The maximum Gasteiger partial charge on any atom is 0.573 e. The fourth-order valence-electron chi connectivity index (χ4n) is 3.07. The smallest absolute Gasteiger partial charge is 0.496 e. The number of rotatable bonds is 5. The van der Waals surface area contributed by atoms with Crippen molar-refractivity contribution in [3.63, 3.8) is 0 Å². The number of thiophene rings is 1. The molecule has 1 aromatic carbocycles. The van der Waals surface area contributed by atoms with Crippen molar-refractivity contribution >= 4 is 35.3 Å². The molecule has 27 heavy (non-hydrogen) atoms. The van der Waals surface area contributed by atoms with Gasteiger partial charge in [-0.3, -0.25) is 4.90 Å². The quantitative estimate of drug-likeness (QED) is 0.725. The van der Waals surface area contributed by atoms with E-state index in [0.717, 1.165) is 31.1 Å². The predicted octanol–water partition coefficient (Wildman–Crippen LogP) is 4.73. The number of hydrogen-bond acceptors (Lipinski definition) is 5. The predicted molar refractivity (Wildman–Crippen MR) is 103 cm³/mol. The van der Waals surface area contributed by atoms with E-state index >= 15 is 0 Å². The maximum absolute atomic E-state index is 12.6. The van der Waals surface area contributed by atoms with Crippen LogP contribution in [0.2, 0.25) is 4.34 Å². The molecule has 150 valence electrons. The number of alkyl halides is 3. The molecule has 0 amide bonds. The lowest BCUT2D eigenvalue weighted by atomic mass is 10.0. The van der Waals surface area contributed by atoms with E-state index in [2.05, 4.69) is 15.0 Å². The number of nitrogens with zero attached hydrogens (tertiary/aromatic N) is 1. The van der Waals surface area contributed by atoms with E-state index in [-0.39, 0.29) is 24.2 Å². The lowest BCUT2D eigenvalue weighted by Gasteiger charge is -2.35. The summed E-state index contributed by atoms with van der Waals surface area (Å²) in [4.78, 5) is 3.15. The van der Waals surface area contributed by atoms with Gasteiger partial charge >= 0.3 is 6.36 Å². The minimum atomic E-state index is -4.75. The van der Waals surface area contributed by atoms with E-state index in [1.54, 1.807) is 6.07 Å². The zero-order chi connectivity index (χ0) is 18.7. The van der Waals surface area contributed by atoms with Crippen LogP contribution >= 0.6 is 35.3 Å². The SMILES string of the molecule is COc1ccc(OC(F)(F)F)cc1[C@H](c1ccc(Cl)s1)N1CCNCC1.Cl. The van der Waals surface area contributed by atoms with Gasteiger partial charge < -0.3 is 14.8 Å². The van der Waals surface area contributed by atoms with Crippen molar-refractivity contribution in [2.45, 2.75) is 12.4 Å². The van der Waals surface area contributed by atoms with E-state index in [1.807, 2.05) is 6.07 Å². The lowest BCUT2D eigenvalue weighted by Crippen LogP contribution is -2.45. The van der Waals surface area contributed by atoms with Crippen molar-refractivity contribution in [3.05, 3.63) is 45.1 Å². The second-order valence-corrected chi connectivity index (χ2v) is 7.53. The van der Waals surface area contributed by atoms with Crippen molar-refractivity contribution in [2.75, 3.05) is 33.3 Å². The van der Waals surface area contributed by atoms with Gasteiger partial charge in [-0.25, -0.2) is 0 Å². The van der Waals surface area contributed by atoms with Crippen molar-refractivity contribution < 1.29 is 22.6 Å². The van der Waals surface area contributed by atoms with Crippen LogP contribution in [-0.2, 0) is 0 Å². The Morgan fingerprint density at radius 3 is 2.44 bits per heavy atom. The highest BCUT2D eigenvalue weighted by Gasteiger charge is 2.33. The second-order valence-electron chi connectivity index (χ2n) is 5.78. The Bertz CT molecular complexity index is 752. The molecular weight excluding hydrogens is 424 g/mol. The summed E-state index contributed by atoms with van der Waals surface area (Å²) in [6.45, 7) is 3.12. The minimum absolute atomic E-state index is 0. The molecule has 2 aromatic rings. The van der Waals surface area contributed by atoms with E-state index in [1.165, 1.54) is 36.6 Å². The first kappa shape index (κ1) is 22.1. The highest BCUT2D eigenvalue weighted by molar-refractivity contribution is 7.16. The van der Waals surface area contributed by atoms with Crippen LogP contribution in [0.15, 0.2) is 30.3 Å². The molecule has 1 atom stereocenters. The Balaban J connectivity index is 0.00000261. The Morgan fingerprint density at radius 2 is 1.89 bits per heavy atom. The van der Waals surface area contributed by atoms with Gasteiger partial charge in [-0.2, -0.15) is 0 Å². The number of methoxy groups -OCH3 is 1. The Labute approximate surface area is 170 Å². The third kappa shape index (κ3) is 5.65. The standard InChI is InChI=1S/C17H18ClF3N2O2S.ClH/c1-24-13-3-2-11(25-17(19,20)21)10-12(13)16(14-4-5-15(18)26-14)23-8-6-22-7-9-23;/h2-5,10,16,22H,6-9H2,1H3;1H/t16-;/m1./s1. The fourth-order valence-corrected chi connectivity index (χ4v) is 4.28. The molecule has 1 aliphatic rings. The van der Waals surface area contributed by atoms with Crippen LogP contribution in [-0.4, -0.2) is 44.6 Å². The molecule has 3 rings (SSSR count). The average Bonchev–Trinajstić information content (AvgIpc) is 3.01. The molecule has 1 N–H and O–H groups in total. The summed E-state index contributed by atoms with van der Waals surface area (Å²) in [6, 6.07) is 7.58. The summed E-state index contributed by atoms with van der Waals surface area (Å²) >= 11 is 7.51. The van der Waals surface area contributed by atoms with Crippen LogP contribution in [0.5, 0.6) is 11.5 Å². The van der Waals surface area contributed by atoms with Crippen molar-refractivity contribution in [1.82, 2.24) is 10.2 Å². The molecule has 2 heterocycles. The number of ether oxygens (including phenoxy) is 2.